The molecule has 0 saturated heterocycles. The highest BCUT2D eigenvalue weighted by molar-refractivity contribution is 6.35. The molecule has 0 spiro atoms. The molecule has 0 fully saturated rings. The maximum Gasteiger partial charge on any atom is 0.305 e. The fraction of sp³-hybridized carbons (Fsp3) is 0.176. The molecule has 6 nitrogen and oxygen atoms in total. The first-order chi connectivity index (χ1) is 12.0. The number of nitrogens with two attached hydrogens (primary N) is 1. The van der Waals surface area contributed by atoms with Crippen molar-refractivity contribution in [3.63, 3.8) is 0 Å². The molecule has 130 valence electrons. The second-order valence-electron chi connectivity index (χ2n) is 5.40. The third kappa shape index (κ3) is 3.81. The summed E-state index contributed by atoms with van der Waals surface area (Å²) in [6.45, 7) is 0.363. The number of hydrogen-bond donors (Lipinski definition) is 2. The molecule has 25 heavy (non-hydrogen) atoms. The highest BCUT2D eigenvalue weighted by Gasteiger charge is 2.15. The summed E-state index contributed by atoms with van der Waals surface area (Å²) in [6, 6.07) is 10.3. The number of hydrogen-bond acceptors (Lipinski definition) is 4. The van der Waals surface area contributed by atoms with E-state index in [-0.39, 0.29) is 19.6 Å². The van der Waals surface area contributed by atoms with Crippen molar-refractivity contribution in [2.45, 2.75) is 19.6 Å². The van der Waals surface area contributed by atoms with Crippen LogP contribution in [-0.2, 0) is 17.9 Å². The molecule has 0 aliphatic heterocycles. The maximum atomic E-state index is 11.0. The number of anilines is 1. The zero-order chi connectivity index (χ0) is 18.0. The molecule has 0 saturated carbocycles. The first-order valence-corrected chi connectivity index (χ1v) is 8.24. The van der Waals surface area contributed by atoms with Gasteiger partial charge in [0.25, 0.3) is 0 Å². The van der Waals surface area contributed by atoms with E-state index in [1.54, 1.807) is 34.9 Å². The highest BCUT2D eigenvalue weighted by Crippen LogP contribution is 2.29. The minimum Gasteiger partial charge on any atom is -0.484 e. The number of aryl methyl sites for hydroxylation is 1. The number of aliphatic carboxylic acids is 1. The largest absolute Gasteiger partial charge is 0.484 e. The Morgan fingerprint density at radius 3 is 2.80 bits per heavy atom. The van der Waals surface area contributed by atoms with Crippen molar-refractivity contribution in [1.82, 2.24) is 9.55 Å². The number of carbonyl (C=O) groups is 1. The number of para-hydroxylation sites is 1. The van der Waals surface area contributed by atoms with Crippen LogP contribution in [0.25, 0.3) is 11.0 Å². The van der Waals surface area contributed by atoms with Crippen molar-refractivity contribution in [2.75, 3.05) is 5.73 Å². The number of carboxylic acids is 1. The van der Waals surface area contributed by atoms with Crippen molar-refractivity contribution in [3.05, 3.63) is 52.3 Å². The van der Waals surface area contributed by atoms with Gasteiger partial charge in [0.15, 0.2) is 0 Å². The van der Waals surface area contributed by atoms with Crippen molar-refractivity contribution in [2.24, 2.45) is 0 Å². The van der Waals surface area contributed by atoms with E-state index < -0.39 is 5.97 Å². The van der Waals surface area contributed by atoms with Gasteiger partial charge in [0, 0.05) is 11.6 Å². The van der Waals surface area contributed by atoms with Gasteiger partial charge in [0.2, 0.25) is 0 Å². The lowest BCUT2D eigenvalue weighted by molar-refractivity contribution is -0.137. The topological polar surface area (TPSA) is 90.4 Å². The lowest BCUT2D eigenvalue weighted by Gasteiger charge is -2.11. The number of carboxylic acid groups (broad SMARTS) is 1. The van der Waals surface area contributed by atoms with E-state index in [9.17, 15) is 4.79 Å². The van der Waals surface area contributed by atoms with Crippen LogP contribution in [0, 0.1) is 0 Å². The van der Waals surface area contributed by atoms with Gasteiger partial charge >= 0.3 is 5.97 Å². The SMILES string of the molecule is Nc1cccc2nc(COc3ccc(Cl)cc3Cl)n(CCC(=O)O)c12. The summed E-state index contributed by atoms with van der Waals surface area (Å²) in [5, 5.41) is 9.89. The van der Waals surface area contributed by atoms with Crippen LogP contribution in [0.1, 0.15) is 12.2 Å². The van der Waals surface area contributed by atoms with E-state index in [4.69, 9.17) is 38.8 Å². The van der Waals surface area contributed by atoms with Crippen molar-refractivity contribution in [3.8, 4) is 5.75 Å². The molecule has 3 N–H and O–H groups in total. The van der Waals surface area contributed by atoms with Crippen LogP contribution in [0.5, 0.6) is 5.75 Å². The molecule has 3 aromatic rings. The standard InChI is InChI=1S/C17H15Cl2N3O3/c18-10-4-5-14(11(19)8-10)25-9-15-21-13-3-1-2-12(20)17(13)22(15)7-6-16(23)24/h1-5,8H,6-7,9,20H2,(H,23,24). The first-order valence-electron chi connectivity index (χ1n) is 7.49. The predicted octanol–water partition coefficient (Wildman–Crippen LogP) is 3.98. The summed E-state index contributed by atoms with van der Waals surface area (Å²) in [5.41, 5.74) is 7.96. The molecule has 0 aliphatic carbocycles. The van der Waals surface area contributed by atoms with Gasteiger partial charge < -0.3 is 20.1 Å². The monoisotopic (exact) mass is 379 g/mol. The van der Waals surface area contributed by atoms with E-state index in [0.717, 1.165) is 0 Å². The predicted molar refractivity (Wildman–Crippen MR) is 97.2 cm³/mol. The van der Waals surface area contributed by atoms with E-state index >= 15 is 0 Å². The van der Waals surface area contributed by atoms with Crippen molar-refractivity contribution in [1.29, 1.82) is 0 Å². The average molecular weight is 380 g/mol. The molecule has 0 bridgehead atoms. The molecule has 2 aromatic carbocycles. The molecule has 1 heterocycles. The first kappa shape index (κ1) is 17.4. The van der Waals surface area contributed by atoms with Crippen LogP contribution in [0.4, 0.5) is 5.69 Å². The second-order valence-corrected chi connectivity index (χ2v) is 6.25. The molecular weight excluding hydrogens is 365 g/mol. The van der Waals surface area contributed by atoms with Crippen molar-refractivity contribution < 1.29 is 14.6 Å². The van der Waals surface area contributed by atoms with Crippen LogP contribution in [0.2, 0.25) is 10.0 Å². The normalized spacial score (nSPS) is 11.0. The summed E-state index contributed by atoms with van der Waals surface area (Å²) in [7, 11) is 0. The summed E-state index contributed by atoms with van der Waals surface area (Å²) >= 11 is 12.0. The molecule has 3 rings (SSSR count). The third-order valence-corrected chi connectivity index (χ3v) is 4.21. The maximum absolute atomic E-state index is 11.0. The number of fused-ring (bicyclic) bond motifs is 1. The average Bonchev–Trinajstić information content (AvgIpc) is 2.91. The van der Waals surface area contributed by atoms with Gasteiger partial charge in [-0.05, 0) is 30.3 Å². The Morgan fingerprint density at radius 1 is 1.28 bits per heavy atom. The van der Waals surface area contributed by atoms with E-state index in [1.807, 2.05) is 6.07 Å². The lowest BCUT2D eigenvalue weighted by Crippen LogP contribution is -2.11. The summed E-state index contributed by atoms with van der Waals surface area (Å²) in [5.74, 6) is 0.139. The summed E-state index contributed by atoms with van der Waals surface area (Å²) in [6.07, 6.45) is -0.0471. The minimum absolute atomic E-state index is 0.0471. The van der Waals surface area contributed by atoms with E-state index in [1.165, 1.54) is 0 Å². The van der Waals surface area contributed by atoms with E-state index in [2.05, 4.69) is 4.98 Å². The Hall–Kier alpha value is -2.44. The molecule has 8 heteroatoms. The van der Waals surface area contributed by atoms with Crippen LogP contribution >= 0.6 is 23.2 Å². The number of aromatic nitrogens is 2. The Balaban J connectivity index is 1.92. The number of ether oxygens (including phenoxy) is 1. The molecule has 0 atom stereocenters. The van der Waals surface area contributed by atoms with Gasteiger partial charge in [0.1, 0.15) is 18.2 Å². The molecule has 0 amide bonds. The van der Waals surface area contributed by atoms with Gasteiger partial charge in [-0.15, -0.1) is 0 Å². The minimum atomic E-state index is -0.899. The zero-order valence-electron chi connectivity index (χ0n) is 13.1. The lowest BCUT2D eigenvalue weighted by atomic mass is 10.2. The van der Waals surface area contributed by atoms with Gasteiger partial charge in [-0.3, -0.25) is 4.79 Å². The number of nitrogens with zero attached hydrogens (tertiary/aromatic N) is 2. The zero-order valence-corrected chi connectivity index (χ0v) is 14.6. The van der Waals surface area contributed by atoms with Crippen LogP contribution in [0.3, 0.4) is 0 Å². The number of imidazole rings is 1. The fourth-order valence-corrected chi connectivity index (χ4v) is 3.02. The second kappa shape index (κ2) is 7.21. The quantitative estimate of drug-likeness (QED) is 0.632. The molecule has 0 unspecified atom stereocenters. The summed E-state index contributed by atoms with van der Waals surface area (Å²) < 4.78 is 7.50. The molecule has 0 aliphatic rings. The van der Waals surface area contributed by atoms with Gasteiger partial charge in [-0.2, -0.15) is 0 Å². The number of halogens is 2. The van der Waals surface area contributed by atoms with E-state index in [0.29, 0.717) is 38.3 Å². The fourth-order valence-electron chi connectivity index (χ4n) is 2.55. The summed E-state index contributed by atoms with van der Waals surface area (Å²) in [4.78, 5) is 15.5. The molecule has 1 aromatic heterocycles. The highest BCUT2D eigenvalue weighted by atomic mass is 35.5. The van der Waals surface area contributed by atoms with Gasteiger partial charge in [-0.1, -0.05) is 29.3 Å². The number of rotatable bonds is 6. The van der Waals surface area contributed by atoms with Crippen molar-refractivity contribution >= 4 is 45.9 Å². The molecular formula is C17H15Cl2N3O3. The Kier molecular flexibility index (Phi) is 5.01. The van der Waals surface area contributed by atoms with Crippen LogP contribution in [-0.4, -0.2) is 20.6 Å². The van der Waals surface area contributed by atoms with Crippen LogP contribution < -0.4 is 10.5 Å². The number of benzene rings is 2. The van der Waals surface area contributed by atoms with Gasteiger partial charge in [0.05, 0.1) is 28.2 Å². The van der Waals surface area contributed by atoms with Crippen LogP contribution in [0.15, 0.2) is 36.4 Å². The number of nitrogen functional groups attached to an aromatic ring is 1. The Bertz CT molecular complexity index is 940. The van der Waals surface area contributed by atoms with Gasteiger partial charge in [-0.25, -0.2) is 4.98 Å². The Labute approximate surface area is 153 Å². The third-order valence-electron chi connectivity index (χ3n) is 3.68. The molecule has 0 radical (unpaired) electrons. The Morgan fingerprint density at radius 2 is 2.08 bits per heavy atom. The smallest absolute Gasteiger partial charge is 0.305 e.